The number of hydrogen-bond donors (Lipinski definition) is 0. The van der Waals surface area contributed by atoms with Crippen LogP contribution in [0.4, 0.5) is 0 Å². The van der Waals surface area contributed by atoms with Crippen LogP contribution in [-0.2, 0) is 0 Å². The van der Waals surface area contributed by atoms with Crippen LogP contribution < -0.4 is 4.74 Å². The van der Waals surface area contributed by atoms with Crippen molar-refractivity contribution < 1.29 is 4.74 Å². The van der Waals surface area contributed by atoms with Gasteiger partial charge in [0.15, 0.2) is 0 Å². The molecular formula is C12H11Cl3O. The largest absolute Gasteiger partial charge is 0.492 e. The third-order valence-electron chi connectivity index (χ3n) is 1.76. The molecule has 1 rings (SSSR count). The molecule has 4 heteroatoms. The summed E-state index contributed by atoms with van der Waals surface area (Å²) in [7, 11) is 0. The molecule has 1 nitrogen and oxygen atoms in total. The van der Waals surface area contributed by atoms with E-state index >= 15 is 0 Å². The van der Waals surface area contributed by atoms with Crippen LogP contribution in [0.2, 0.25) is 10.0 Å². The Bertz CT molecular complexity index is 418. The number of rotatable bonds is 3. The van der Waals surface area contributed by atoms with E-state index in [1.165, 1.54) is 0 Å². The fourth-order valence-electron chi connectivity index (χ4n) is 1.10. The van der Waals surface area contributed by atoms with Crippen LogP contribution in [0.1, 0.15) is 18.9 Å². The second kappa shape index (κ2) is 6.91. The maximum atomic E-state index is 6.04. The maximum absolute atomic E-state index is 6.04. The molecule has 0 amide bonds. The lowest BCUT2D eigenvalue weighted by atomic mass is 10.2. The SMILES string of the molecule is CCOc1cc(Cl)c(C#CCCCl)cc1Cl. The van der Waals surface area contributed by atoms with E-state index in [2.05, 4.69) is 11.8 Å². The fourth-order valence-corrected chi connectivity index (χ4v) is 1.61. The molecule has 1 aromatic carbocycles. The molecule has 0 unspecified atom stereocenters. The molecule has 0 spiro atoms. The molecule has 0 fully saturated rings. The number of hydrogen-bond acceptors (Lipinski definition) is 1. The highest BCUT2D eigenvalue weighted by Gasteiger charge is 2.06. The van der Waals surface area contributed by atoms with Crippen molar-refractivity contribution in [2.24, 2.45) is 0 Å². The van der Waals surface area contributed by atoms with Gasteiger partial charge in [0, 0.05) is 23.9 Å². The highest BCUT2D eigenvalue weighted by atomic mass is 35.5. The van der Waals surface area contributed by atoms with Gasteiger partial charge < -0.3 is 4.74 Å². The van der Waals surface area contributed by atoms with Crippen molar-refractivity contribution >= 4 is 34.8 Å². The van der Waals surface area contributed by atoms with Crippen LogP contribution in [0.3, 0.4) is 0 Å². The topological polar surface area (TPSA) is 9.23 Å². The molecule has 0 saturated carbocycles. The first-order valence-electron chi connectivity index (χ1n) is 4.85. The van der Waals surface area contributed by atoms with Crippen molar-refractivity contribution in [3.05, 3.63) is 27.7 Å². The normalized spacial score (nSPS) is 9.50. The van der Waals surface area contributed by atoms with Crippen LogP contribution in [-0.4, -0.2) is 12.5 Å². The van der Waals surface area contributed by atoms with Gasteiger partial charge in [-0.3, -0.25) is 0 Å². The zero-order chi connectivity index (χ0) is 12.0. The van der Waals surface area contributed by atoms with Gasteiger partial charge in [-0.15, -0.1) is 11.6 Å². The minimum absolute atomic E-state index is 0.509. The van der Waals surface area contributed by atoms with Gasteiger partial charge in [-0.2, -0.15) is 0 Å². The van der Waals surface area contributed by atoms with Crippen LogP contribution >= 0.6 is 34.8 Å². The van der Waals surface area contributed by atoms with Crippen molar-refractivity contribution in [2.45, 2.75) is 13.3 Å². The molecule has 0 N–H and O–H groups in total. The summed E-state index contributed by atoms with van der Waals surface area (Å²) in [4.78, 5) is 0. The fraction of sp³-hybridized carbons (Fsp3) is 0.333. The molecule has 1 aromatic rings. The van der Waals surface area contributed by atoms with Gasteiger partial charge in [-0.05, 0) is 13.0 Å². The summed E-state index contributed by atoms with van der Waals surface area (Å²) < 4.78 is 5.31. The lowest BCUT2D eigenvalue weighted by Gasteiger charge is -2.06. The predicted octanol–water partition coefficient (Wildman–Crippen LogP) is 4.37. The molecule has 0 saturated heterocycles. The van der Waals surface area contributed by atoms with Gasteiger partial charge >= 0.3 is 0 Å². The van der Waals surface area contributed by atoms with Crippen LogP contribution in [0.25, 0.3) is 0 Å². The Morgan fingerprint density at radius 3 is 2.62 bits per heavy atom. The first-order valence-corrected chi connectivity index (χ1v) is 6.14. The minimum Gasteiger partial charge on any atom is -0.492 e. The van der Waals surface area contributed by atoms with Crippen LogP contribution in [0, 0.1) is 11.8 Å². The Kier molecular flexibility index (Phi) is 5.84. The molecular weight excluding hydrogens is 266 g/mol. The van der Waals surface area contributed by atoms with Crippen molar-refractivity contribution in [3.8, 4) is 17.6 Å². The molecule has 0 aliphatic heterocycles. The number of ether oxygens (including phenoxy) is 1. The van der Waals surface area contributed by atoms with Crippen molar-refractivity contribution in [2.75, 3.05) is 12.5 Å². The van der Waals surface area contributed by atoms with E-state index in [0.717, 1.165) is 0 Å². The van der Waals surface area contributed by atoms with E-state index in [1.807, 2.05) is 6.92 Å². The van der Waals surface area contributed by atoms with E-state index in [0.29, 0.717) is 40.3 Å². The first kappa shape index (κ1) is 13.5. The average molecular weight is 278 g/mol. The Morgan fingerprint density at radius 2 is 2.00 bits per heavy atom. The molecule has 0 heterocycles. The monoisotopic (exact) mass is 276 g/mol. The van der Waals surface area contributed by atoms with E-state index in [9.17, 15) is 0 Å². The minimum atomic E-state index is 0.509. The second-order valence-corrected chi connectivity index (χ2v) is 4.13. The number of benzene rings is 1. The van der Waals surface area contributed by atoms with Crippen molar-refractivity contribution in [3.63, 3.8) is 0 Å². The zero-order valence-corrected chi connectivity index (χ0v) is 11.1. The summed E-state index contributed by atoms with van der Waals surface area (Å²) in [5.41, 5.74) is 0.695. The van der Waals surface area contributed by atoms with Crippen LogP contribution in [0.15, 0.2) is 12.1 Å². The van der Waals surface area contributed by atoms with E-state index in [4.69, 9.17) is 39.5 Å². The Balaban J connectivity index is 2.97. The van der Waals surface area contributed by atoms with Gasteiger partial charge in [0.1, 0.15) is 5.75 Å². The summed E-state index contributed by atoms with van der Waals surface area (Å²) in [5, 5.41) is 1.05. The van der Waals surface area contributed by atoms with Gasteiger partial charge in [0.05, 0.1) is 16.7 Å². The van der Waals surface area contributed by atoms with Crippen molar-refractivity contribution in [1.82, 2.24) is 0 Å². The quantitative estimate of drug-likeness (QED) is 0.589. The first-order chi connectivity index (χ1) is 7.69. The summed E-state index contributed by atoms with van der Waals surface area (Å²) in [6.45, 7) is 2.44. The summed E-state index contributed by atoms with van der Waals surface area (Å²) >= 11 is 17.6. The van der Waals surface area contributed by atoms with Gasteiger partial charge in [0.25, 0.3) is 0 Å². The number of halogens is 3. The molecule has 0 aromatic heterocycles. The third-order valence-corrected chi connectivity index (χ3v) is 2.56. The lowest BCUT2D eigenvalue weighted by molar-refractivity contribution is 0.340. The lowest BCUT2D eigenvalue weighted by Crippen LogP contribution is -1.93. The van der Waals surface area contributed by atoms with Gasteiger partial charge in [-0.25, -0.2) is 0 Å². The molecule has 0 atom stereocenters. The molecule has 0 bridgehead atoms. The highest BCUT2D eigenvalue weighted by molar-refractivity contribution is 6.35. The Morgan fingerprint density at radius 1 is 1.25 bits per heavy atom. The summed E-state index contributed by atoms with van der Waals surface area (Å²) in [5.74, 6) is 6.91. The Hall–Kier alpha value is -0.550. The number of alkyl halides is 1. The summed E-state index contributed by atoms with van der Waals surface area (Å²) in [6.07, 6.45) is 0.628. The van der Waals surface area contributed by atoms with Gasteiger partial charge in [-0.1, -0.05) is 35.0 Å². The second-order valence-electron chi connectivity index (χ2n) is 2.94. The Labute approximate surface area is 111 Å². The predicted molar refractivity (Wildman–Crippen MR) is 69.8 cm³/mol. The molecule has 0 aliphatic rings. The summed E-state index contributed by atoms with van der Waals surface area (Å²) in [6, 6.07) is 3.38. The molecule has 0 radical (unpaired) electrons. The van der Waals surface area contributed by atoms with E-state index in [1.54, 1.807) is 12.1 Å². The smallest absolute Gasteiger partial charge is 0.139 e. The van der Waals surface area contributed by atoms with E-state index in [-0.39, 0.29) is 0 Å². The zero-order valence-electron chi connectivity index (χ0n) is 8.82. The average Bonchev–Trinajstić information content (AvgIpc) is 2.25. The maximum Gasteiger partial charge on any atom is 0.139 e. The van der Waals surface area contributed by atoms with Crippen LogP contribution in [0.5, 0.6) is 5.75 Å². The molecule has 86 valence electrons. The van der Waals surface area contributed by atoms with Gasteiger partial charge in [0.2, 0.25) is 0 Å². The molecule has 16 heavy (non-hydrogen) atoms. The third kappa shape index (κ3) is 3.79. The highest BCUT2D eigenvalue weighted by Crippen LogP contribution is 2.30. The molecule has 0 aliphatic carbocycles. The van der Waals surface area contributed by atoms with Crippen molar-refractivity contribution in [1.29, 1.82) is 0 Å². The van der Waals surface area contributed by atoms with E-state index < -0.39 is 0 Å². The standard InChI is InChI=1S/C12H11Cl3O/c1-2-16-12-8-10(14)9(7-11(12)15)5-3-4-6-13/h7-8H,2,4,6H2,1H3.